The highest BCUT2D eigenvalue weighted by molar-refractivity contribution is 5.29. The lowest BCUT2D eigenvalue weighted by Crippen LogP contribution is -2.47. The van der Waals surface area contributed by atoms with Crippen molar-refractivity contribution in [3.05, 3.63) is 70.8 Å². The first-order valence-corrected chi connectivity index (χ1v) is 8.63. The molecule has 138 valence electrons. The van der Waals surface area contributed by atoms with E-state index in [-0.39, 0.29) is 6.61 Å². The minimum absolute atomic E-state index is 0.0921. The van der Waals surface area contributed by atoms with Crippen molar-refractivity contribution >= 4 is 0 Å². The lowest BCUT2D eigenvalue weighted by molar-refractivity contribution is -0.0630. The van der Waals surface area contributed by atoms with Gasteiger partial charge in [0.15, 0.2) is 0 Å². The maximum atomic E-state index is 12.8. The van der Waals surface area contributed by atoms with Crippen molar-refractivity contribution in [2.75, 3.05) is 19.8 Å². The first-order valence-electron chi connectivity index (χ1n) is 8.63. The molecule has 4 rings (SSSR count). The minimum atomic E-state index is -0.618. The van der Waals surface area contributed by atoms with E-state index in [1.807, 2.05) is 29.2 Å². The molecule has 6 heteroatoms. The molecule has 0 aliphatic carbocycles. The second-order valence-electron chi connectivity index (χ2n) is 6.87. The van der Waals surface area contributed by atoms with E-state index in [0.717, 1.165) is 11.1 Å². The highest BCUT2D eigenvalue weighted by Crippen LogP contribution is 2.48. The van der Waals surface area contributed by atoms with Gasteiger partial charge in [0, 0.05) is 0 Å². The number of nitrogens with zero attached hydrogens (tertiary/aromatic N) is 1. The van der Waals surface area contributed by atoms with Gasteiger partial charge in [-0.25, -0.2) is 13.7 Å². The number of hydrogen-bond acceptors (Lipinski definition) is 4. The Labute approximate surface area is 151 Å². The molecule has 2 saturated heterocycles. The van der Waals surface area contributed by atoms with E-state index < -0.39 is 31.3 Å². The van der Waals surface area contributed by atoms with Gasteiger partial charge < -0.3 is 14.6 Å². The van der Waals surface area contributed by atoms with E-state index in [9.17, 15) is 13.9 Å². The normalized spacial score (nSPS) is 28.4. The second kappa shape index (κ2) is 7.04. The van der Waals surface area contributed by atoms with Gasteiger partial charge in [0.05, 0.1) is 25.4 Å². The van der Waals surface area contributed by atoms with Crippen molar-refractivity contribution < 1.29 is 23.4 Å². The fourth-order valence-corrected chi connectivity index (χ4v) is 3.67. The quantitative estimate of drug-likeness (QED) is 0.886. The molecule has 26 heavy (non-hydrogen) atoms. The van der Waals surface area contributed by atoms with Crippen molar-refractivity contribution in [1.29, 1.82) is 0 Å². The Morgan fingerprint density at radius 3 is 1.62 bits per heavy atom. The van der Waals surface area contributed by atoms with Crippen LogP contribution in [0.25, 0.3) is 0 Å². The largest absolute Gasteiger partial charge is 0.394 e. The van der Waals surface area contributed by atoms with E-state index in [2.05, 4.69) is 0 Å². The molecule has 0 bridgehead atoms. The molecular formula is C20H21F2NO3. The summed E-state index contributed by atoms with van der Waals surface area (Å²) in [6.07, 6.45) is -0.798. The lowest BCUT2D eigenvalue weighted by Gasteiger charge is -2.33. The van der Waals surface area contributed by atoms with Crippen molar-refractivity contribution in [3.63, 3.8) is 0 Å². The van der Waals surface area contributed by atoms with Crippen LogP contribution >= 0.6 is 0 Å². The second-order valence-corrected chi connectivity index (χ2v) is 6.87. The molecule has 2 unspecified atom stereocenters. The van der Waals surface area contributed by atoms with Crippen LogP contribution < -0.4 is 0 Å². The summed E-state index contributed by atoms with van der Waals surface area (Å²) in [7, 11) is 0. The van der Waals surface area contributed by atoms with Gasteiger partial charge in [-0.05, 0) is 22.3 Å². The molecule has 2 heterocycles. The van der Waals surface area contributed by atoms with Gasteiger partial charge in [-0.3, -0.25) is 0 Å². The van der Waals surface area contributed by atoms with Crippen molar-refractivity contribution in [2.45, 2.75) is 31.3 Å². The standard InChI is InChI=1S/C20H21F2NO3/c21-9-14-1-5-16(6-2-14)18-23-19(17-7-3-15(10-22)4-8-17)26-13-20(23,11-24)12-25-18/h1-8,18-19,24H,9-13H2. The van der Waals surface area contributed by atoms with Crippen LogP contribution in [-0.4, -0.2) is 35.4 Å². The topological polar surface area (TPSA) is 41.9 Å². The zero-order chi connectivity index (χ0) is 18.1. The first-order chi connectivity index (χ1) is 12.7. The van der Waals surface area contributed by atoms with Gasteiger partial charge >= 0.3 is 0 Å². The Bertz CT molecular complexity index is 691. The minimum Gasteiger partial charge on any atom is -0.394 e. The van der Waals surface area contributed by atoms with Crippen LogP contribution in [0.2, 0.25) is 0 Å². The van der Waals surface area contributed by atoms with Crippen LogP contribution in [0.5, 0.6) is 0 Å². The van der Waals surface area contributed by atoms with Gasteiger partial charge in [-0.15, -0.1) is 0 Å². The Morgan fingerprint density at radius 1 is 0.846 bits per heavy atom. The monoisotopic (exact) mass is 361 g/mol. The maximum Gasteiger partial charge on any atom is 0.139 e. The van der Waals surface area contributed by atoms with Crippen LogP contribution in [0.15, 0.2) is 48.5 Å². The van der Waals surface area contributed by atoms with Gasteiger partial charge in [-0.2, -0.15) is 0 Å². The van der Waals surface area contributed by atoms with E-state index in [1.54, 1.807) is 24.3 Å². The van der Waals surface area contributed by atoms with Crippen LogP contribution in [-0.2, 0) is 22.8 Å². The summed E-state index contributed by atoms with van der Waals surface area (Å²) >= 11 is 0. The molecule has 2 atom stereocenters. The molecule has 4 nitrogen and oxygen atoms in total. The number of aliphatic hydroxyl groups is 1. The zero-order valence-corrected chi connectivity index (χ0v) is 14.3. The zero-order valence-electron chi connectivity index (χ0n) is 14.3. The molecule has 2 aromatic carbocycles. The lowest BCUT2D eigenvalue weighted by atomic mass is 10.0. The Hall–Kier alpha value is -1.86. The number of fused-ring (bicyclic) bond motifs is 1. The fourth-order valence-electron chi connectivity index (χ4n) is 3.67. The average molecular weight is 361 g/mol. The first kappa shape index (κ1) is 17.5. The number of alkyl halides is 2. The molecule has 1 N–H and O–H groups in total. The molecule has 2 aliphatic heterocycles. The summed E-state index contributed by atoms with van der Waals surface area (Å²) in [6.45, 7) is -0.424. The predicted octanol–water partition coefficient (Wildman–Crippen LogP) is 3.42. The number of hydrogen-bond donors (Lipinski definition) is 1. The fraction of sp³-hybridized carbons (Fsp3) is 0.400. The molecule has 0 amide bonds. The Balaban J connectivity index is 1.67. The third kappa shape index (κ3) is 2.83. The number of ether oxygens (including phenoxy) is 2. The Morgan fingerprint density at radius 2 is 1.27 bits per heavy atom. The molecule has 0 saturated carbocycles. The van der Waals surface area contributed by atoms with Gasteiger partial charge in [0.2, 0.25) is 0 Å². The van der Waals surface area contributed by atoms with E-state index in [4.69, 9.17) is 9.47 Å². The summed E-state index contributed by atoms with van der Waals surface area (Å²) in [5, 5.41) is 10.0. The molecule has 0 radical (unpaired) electrons. The third-order valence-electron chi connectivity index (χ3n) is 5.21. The maximum absolute atomic E-state index is 12.8. The SMILES string of the molecule is OCC12COC(c3ccc(CF)cc3)N1C(c1ccc(CF)cc1)OC2. The summed E-state index contributed by atoms with van der Waals surface area (Å²) in [5.41, 5.74) is 2.36. The number of benzene rings is 2. The van der Waals surface area contributed by atoms with Crippen LogP contribution in [0.4, 0.5) is 8.78 Å². The summed E-state index contributed by atoms with van der Waals surface area (Å²) < 4.78 is 37.6. The summed E-state index contributed by atoms with van der Waals surface area (Å²) in [6, 6.07) is 14.3. The Kier molecular flexibility index (Phi) is 4.75. The number of halogens is 2. The van der Waals surface area contributed by atoms with Crippen molar-refractivity contribution in [1.82, 2.24) is 4.90 Å². The smallest absolute Gasteiger partial charge is 0.139 e. The van der Waals surface area contributed by atoms with Crippen LogP contribution in [0, 0.1) is 0 Å². The number of aliphatic hydroxyl groups excluding tert-OH is 1. The van der Waals surface area contributed by atoms with Gasteiger partial charge in [0.1, 0.15) is 25.8 Å². The molecule has 0 aromatic heterocycles. The van der Waals surface area contributed by atoms with Crippen molar-refractivity contribution in [2.24, 2.45) is 0 Å². The van der Waals surface area contributed by atoms with Gasteiger partial charge in [0.25, 0.3) is 0 Å². The molecule has 2 aromatic rings. The highest BCUT2D eigenvalue weighted by atomic mass is 19.1. The molecule has 0 spiro atoms. The number of rotatable bonds is 5. The average Bonchev–Trinajstić information content (AvgIpc) is 3.26. The molecule has 2 aliphatic rings. The highest BCUT2D eigenvalue weighted by Gasteiger charge is 2.56. The molecule has 2 fully saturated rings. The van der Waals surface area contributed by atoms with Crippen LogP contribution in [0.3, 0.4) is 0 Å². The third-order valence-corrected chi connectivity index (χ3v) is 5.21. The summed E-state index contributed by atoms with van der Waals surface area (Å²) in [5.74, 6) is 0. The predicted molar refractivity (Wildman–Crippen MR) is 91.5 cm³/mol. The van der Waals surface area contributed by atoms with Crippen molar-refractivity contribution in [3.8, 4) is 0 Å². The van der Waals surface area contributed by atoms with E-state index >= 15 is 0 Å². The van der Waals surface area contributed by atoms with Crippen LogP contribution in [0.1, 0.15) is 34.7 Å². The van der Waals surface area contributed by atoms with E-state index in [0.29, 0.717) is 24.3 Å². The van der Waals surface area contributed by atoms with Gasteiger partial charge in [-0.1, -0.05) is 48.5 Å². The summed E-state index contributed by atoms with van der Waals surface area (Å²) in [4.78, 5) is 2.03. The molecular weight excluding hydrogens is 340 g/mol. The van der Waals surface area contributed by atoms with E-state index in [1.165, 1.54) is 0 Å².